The summed E-state index contributed by atoms with van der Waals surface area (Å²) >= 11 is 1.57. The summed E-state index contributed by atoms with van der Waals surface area (Å²) in [6, 6.07) is 0. The minimum Gasteiger partial charge on any atom is -0.464 e. The van der Waals surface area contributed by atoms with E-state index in [4.69, 9.17) is 0 Å². The van der Waals surface area contributed by atoms with Crippen molar-refractivity contribution in [2.24, 2.45) is 0 Å². The van der Waals surface area contributed by atoms with Crippen LogP contribution >= 0.6 is 11.3 Å². The number of aryl methyl sites for hydroxylation is 1. The predicted octanol–water partition coefficient (Wildman–Crippen LogP) is 1.44. The van der Waals surface area contributed by atoms with Crippen molar-refractivity contribution in [1.82, 2.24) is 20.0 Å². The summed E-state index contributed by atoms with van der Waals surface area (Å²) in [6.07, 6.45) is 0.668. The number of aromatic nitrogens is 4. The van der Waals surface area contributed by atoms with Gasteiger partial charge in [-0.1, -0.05) is 12.1 Å². The lowest BCUT2D eigenvalue weighted by Crippen LogP contribution is -2.09. The number of rotatable bonds is 4. The van der Waals surface area contributed by atoms with Crippen molar-refractivity contribution in [3.63, 3.8) is 0 Å². The maximum absolute atomic E-state index is 11.5. The first kappa shape index (κ1) is 12.7. The van der Waals surface area contributed by atoms with Crippen molar-refractivity contribution < 1.29 is 9.53 Å². The number of hydrogen-bond donors (Lipinski definition) is 0. The van der Waals surface area contributed by atoms with Gasteiger partial charge in [-0.2, -0.15) is 0 Å². The molecule has 0 spiro atoms. The average Bonchev–Trinajstić information content (AvgIpc) is 2.95. The zero-order valence-electron chi connectivity index (χ0n) is 10.5. The number of carbonyl (C=O) groups is 1. The maximum atomic E-state index is 11.5. The van der Waals surface area contributed by atoms with Gasteiger partial charge in [0, 0.05) is 11.1 Å². The van der Waals surface area contributed by atoms with Gasteiger partial charge in [0.2, 0.25) is 0 Å². The van der Waals surface area contributed by atoms with E-state index >= 15 is 0 Å². The Hall–Kier alpha value is -1.76. The van der Waals surface area contributed by atoms with Gasteiger partial charge in [0.05, 0.1) is 19.3 Å². The SMILES string of the molecule is CCc1c(C(=O)OC)nnn1Cc1nc(C)cs1. The summed E-state index contributed by atoms with van der Waals surface area (Å²) in [6.45, 7) is 4.43. The molecule has 2 aromatic rings. The molecule has 6 nitrogen and oxygen atoms in total. The number of carbonyl (C=O) groups excluding carboxylic acids is 1. The molecule has 96 valence electrons. The van der Waals surface area contributed by atoms with Gasteiger partial charge < -0.3 is 4.74 Å². The van der Waals surface area contributed by atoms with Crippen LogP contribution in [0.4, 0.5) is 0 Å². The van der Waals surface area contributed by atoms with Crippen molar-refractivity contribution in [3.05, 3.63) is 27.5 Å². The van der Waals surface area contributed by atoms with E-state index in [9.17, 15) is 4.79 Å². The van der Waals surface area contributed by atoms with E-state index in [1.807, 2.05) is 19.2 Å². The van der Waals surface area contributed by atoms with E-state index in [-0.39, 0.29) is 5.69 Å². The van der Waals surface area contributed by atoms with Gasteiger partial charge in [0.1, 0.15) is 5.01 Å². The summed E-state index contributed by atoms with van der Waals surface area (Å²) in [5, 5.41) is 10.8. The van der Waals surface area contributed by atoms with Gasteiger partial charge in [0.25, 0.3) is 0 Å². The normalized spacial score (nSPS) is 10.6. The molecule has 2 aromatic heterocycles. The summed E-state index contributed by atoms with van der Waals surface area (Å²) < 4.78 is 6.38. The highest BCUT2D eigenvalue weighted by Gasteiger charge is 2.19. The van der Waals surface area contributed by atoms with Gasteiger partial charge in [-0.05, 0) is 13.3 Å². The zero-order valence-corrected chi connectivity index (χ0v) is 11.3. The lowest BCUT2D eigenvalue weighted by atomic mass is 10.2. The largest absolute Gasteiger partial charge is 0.464 e. The Kier molecular flexibility index (Phi) is 3.71. The van der Waals surface area contributed by atoms with E-state index in [2.05, 4.69) is 20.0 Å². The molecule has 0 saturated heterocycles. The first-order valence-electron chi connectivity index (χ1n) is 5.57. The molecule has 0 fully saturated rings. The Labute approximate surface area is 109 Å². The molecule has 0 unspecified atom stereocenters. The van der Waals surface area contributed by atoms with Crippen molar-refractivity contribution in [2.75, 3.05) is 7.11 Å². The number of thiazole rings is 1. The molecule has 7 heteroatoms. The number of methoxy groups -OCH3 is 1. The fourth-order valence-corrected chi connectivity index (χ4v) is 2.42. The van der Waals surface area contributed by atoms with Crippen LogP contribution in [-0.2, 0) is 17.7 Å². The van der Waals surface area contributed by atoms with Crippen LogP contribution in [0.5, 0.6) is 0 Å². The maximum Gasteiger partial charge on any atom is 0.360 e. The number of nitrogens with zero attached hydrogens (tertiary/aromatic N) is 4. The van der Waals surface area contributed by atoms with Gasteiger partial charge in [-0.25, -0.2) is 14.5 Å². The molecule has 0 N–H and O–H groups in total. The highest BCUT2D eigenvalue weighted by Crippen LogP contribution is 2.13. The fourth-order valence-electron chi connectivity index (χ4n) is 1.67. The average molecular weight is 266 g/mol. The zero-order chi connectivity index (χ0) is 13.1. The number of ether oxygens (including phenoxy) is 1. The van der Waals surface area contributed by atoms with Gasteiger partial charge in [0.15, 0.2) is 5.69 Å². The van der Waals surface area contributed by atoms with Gasteiger partial charge in [-0.3, -0.25) is 0 Å². The fraction of sp³-hybridized carbons (Fsp3) is 0.455. The van der Waals surface area contributed by atoms with Crippen LogP contribution in [0.15, 0.2) is 5.38 Å². The van der Waals surface area contributed by atoms with Crippen molar-refractivity contribution in [1.29, 1.82) is 0 Å². The highest BCUT2D eigenvalue weighted by atomic mass is 32.1. The van der Waals surface area contributed by atoms with Crippen LogP contribution in [0.3, 0.4) is 0 Å². The van der Waals surface area contributed by atoms with Crippen LogP contribution in [0.2, 0.25) is 0 Å². The van der Waals surface area contributed by atoms with Crippen molar-refractivity contribution >= 4 is 17.3 Å². The van der Waals surface area contributed by atoms with Crippen molar-refractivity contribution in [2.45, 2.75) is 26.8 Å². The second kappa shape index (κ2) is 5.26. The third-order valence-electron chi connectivity index (χ3n) is 2.50. The molecule has 0 amide bonds. The first-order chi connectivity index (χ1) is 8.65. The minimum absolute atomic E-state index is 0.285. The summed E-state index contributed by atoms with van der Waals surface area (Å²) in [4.78, 5) is 15.9. The summed E-state index contributed by atoms with van der Waals surface area (Å²) in [5.41, 5.74) is 2.05. The predicted molar refractivity (Wildman–Crippen MR) is 66.7 cm³/mol. The van der Waals surface area contributed by atoms with Gasteiger partial charge >= 0.3 is 5.97 Å². The quantitative estimate of drug-likeness (QED) is 0.783. The van der Waals surface area contributed by atoms with E-state index in [1.54, 1.807) is 16.0 Å². The molecule has 0 aromatic carbocycles. The van der Waals surface area contributed by atoms with Gasteiger partial charge in [-0.15, -0.1) is 16.4 Å². The molecule has 0 aliphatic carbocycles. The molecule has 0 radical (unpaired) electrons. The Morgan fingerprint density at radius 3 is 2.89 bits per heavy atom. The smallest absolute Gasteiger partial charge is 0.360 e. The van der Waals surface area contributed by atoms with Crippen LogP contribution in [0.25, 0.3) is 0 Å². The lowest BCUT2D eigenvalue weighted by molar-refractivity contribution is 0.0592. The second-order valence-corrected chi connectivity index (χ2v) is 4.71. The molecule has 0 aliphatic rings. The number of hydrogen-bond acceptors (Lipinski definition) is 6. The minimum atomic E-state index is -0.451. The molecular formula is C11H14N4O2S. The lowest BCUT2D eigenvalue weighted by Gasteiger charge is -2.03. The van der Waals surface area contributed by atoms with E-state index in [1.165, 1.54) is 7.11 Å². The van der Waals surface area contributed by atoms with E-state index in [0.29, 0.717) is 13.0 Å². The Bertz CT molecular complexity index is 561. The third kappa shape index (κ3) is 2.40. The van der Waals surface area contributed by atoms with E-state index < -0.39 is 5.97 Å². The van der Waals surface area contributed by atoms with E-state index in [0.717, 1.165) is 16.4 Å². The summed E-state index contributed by atoms with van der Waals surface area (Å²) in [5.74, 6) is -0.451. The molecule has 2 rings (SSSR count). The highest BCUT2D eigenvalue weighted by molar-refractivity contribution is 7.09. The van der Waals surface area contributed by atoms with Crippen LogP contribution < -0.4 is 0 Å². The molecular weight excluding hydrogens is 252 g/mol. The molecule has 0 atom stereocenters. The van der Waals surface area contributed by atoms with Crippen LogP contribution in [0.1, 0.15) is 33.8 Å². The second-order valence-electron chi connectivity index (χ2n) is 3.77. The monoisotopic (exact) mass is 266 g/mol. The van der Waals surface area contributed by atoms with Crippen LogP contribution in [-0.4, -0.2) is 33.1 Å². The molecule has 0 bridgehead atoms. The Balaban J connectivity index is 2.28. The topological polar surface area (TPSA) is 69.9 Å². The Morgan fingerprint density at radius 1 is 1.56 bits per heavy atom. The third-order valence-corrected chi connectivity index (χ3v) is 3.45. The first-order valence-corrected chi connectivity index (χ1v) is 6.45. The molecule has 0 saturated carbocycles. The molecule has 0 aliphatic heterocycles. The Morgan fingerprint density at radius 2 is 2.33 bits per heavy atom. The van der Waals surface area contributed by atoms with Crippen molar-refractivity contribution in [3.8, 4) is 0 Å². The number of esters is 1. The van der Waals surface area contributed by atoms with Crippen LogP contribution in [0, 0.1) is 6.92 Å². The standard InChI is InChI=1S/C11H14N4O2S/c1-4-8-10(11(16)17-3)13-14-15(8)5-9-12-7(2)6-18-9/h6H,4-5H2,1-3H3. The summed E-state index contributed by atoms with van der Waals surface area (Å²) in [7, 11) is 1.34. The molecule has 2 heterocycles. The molecule has 18 heavy (non-hydrogen) atoms.